The summed E-state index contributed by atoms with van der Waals surface area (Å²) in [5.74, 6) is 0. The third-order valence-corrected chi connectivity index (χ3v) is 2.50. The monoisotopic (exact) mass is 250 g/mol. The first-order valence-electron chi connectivity index (χ1n) is 3.63. The molecule has 0 unspecified atom stereocenters. The summed E-state index contributed by atoms with van der Waals surface area (Å²) in [7, 11) is 0. The van der Waals surface area contributed by atoms with Crippen LogP contribution in [-0.4, -0.2) is 9.85 Å². The van der Waals surface area contributed by atoms with Gasteiger partial charge in [-0.2, -0.15) is 0 Å². The fourth-order valence-electron chi connectivity index (χ4n) is 1.12. The van der Waals surface area contributed by atoms with Gasteiger partial charge >= 0.3 is 11.4 Å². The Morgan fingerprint density at radius 3 is 2.00 bits per heavy atom. The summed E-state index contributed by atoms with van der Waals surface area (Å²) in [6, 6.07) is 1.22. The van der Waals surface area contributed by atoms with Crippen LogP contribution in [0.15, 0.2) is 6.07 Å². The maximum absolute atomic E-state index is 10.6. The van der Waals surface area contributed by atoms with Gasteiger partial charge in [-0.3, -0.25) is 20.2 Å². The normalized spacial score (nSPS) is 10.1. The highest BCUT2D eigenvalue weighted by atomic mass is 35.5. The zero-order chi connectivity index (χ0) is 11.7. The second-order valence-corrected chi connectivity index (χ2v) is 3.49. The van der Waals surface area contributed by atoms with Crippen LogP contribution in [0.25, 0.3) is 0 Å². The van der Waals surface area contributed by atoms with Crippen LogP contribution in [0.4, 0.5) is 11.4 Å². The molecular formula is C7H4Cl2N2O4. The highest BCUT2D eigenvalue weighted by Gasteiger charge is 2.32. The summed E-state index contributed by atoms with van der Waals surface area (Å²) < 4.78 is 0. The number of aryl methyl sites for hydroxylation is 1. The molecule has 8 heteroatoms. The van der Waals surface area contributed by atoms with E-state index in [4.69, 9.17) is 23.2 Å². The van der Waals surface area contributed by atoms with Crippen LogP contribution >= 0.6 is 23.2 Å². The molecule has 0 heterocycles. The van der Waals surface area contributed by atoms with Crippen molar-refractivity contribution in [2.24, 2.45) is 0 Å². The number of rotatable bonds is 2. The van der Waals surface area contributed by atoms with Crippen molar-refractivity contribution in [3.05, 3.63) is 41.9 Å². The lowest BCUT2D eigenvalue weighted by molar-refractivity contribution is -0.422. The summed E-state index contributed by atoms with van der Waals surface area (Å²) in [6.45, 7) is 1.35. The number of hydrogen-bond donors (Lipinski definition) is 0. The van der Waals surface area contributed by atoms with Crippen LogP contribution in [0.3, 0.4) is 0 Å². The van der Waals surface area contributed by atoms with Gasteiger partial charge in [-0.15, -0.1) is 0 Å². The Balaban J connectivity index is 3.69. The molecule has 0 bridgehead atoms. The maximum Gasteiger partial charge on any atom is 0.366 e. The molecule has 80 valence electrons. The van der Waals surface area contributed by atoms with E-state index in [0.717, 1.165) is 0 Å². The minimum Gasteiger partial charge on any atom is -0.258 e. The van der Waals surface area contributed by atoms with Crippen LogP contribution in [0.5, 0.6) is 0 Å². The molecule has 0 spiro atoms. The van der Waals surface area contributed by atoms with Crippen molar-refractivity contribution < 1.29 is 9.85 Å². The molecule has 0 saturated carbocycles. The second kappa shape index (κ2) is 4.00. The predicted octanol–water partition coefficient (Wildman–Crippen LogP) is 3.12. The van der Waals surface area contributed by atoms with Crippen molar-refractivity contribution in [1.29, 1.82) is 0 Å². The molecule has 1 aromatic rings. The predicted molar refractivity (Wildman–Crippen MR) is 54.5 cm³/mol. The molecule has 0 amide bonds. The quantitative estimate of drug-likeness (QED) is 0.596. The molecule has 15 heavy (non-hydrogen) atoms. The number of nitrogens with zero attached hydrogens (tertiary/aromatic N) is 2. The van der Waals surface area contributed by atoms with Gasteiger partial charge in [0.2, 0.25) is 0 Å². The largest absolute Gasteiger partial charge is 0.366 e. The molecule has 0 aliphatic carbocycles. The van der Waals surface area contributed by atoms with Gasteiger partial charge < -0.3 is 0 Å². The van der Waals surface area contributed by atoms with E-state index < -0.39 is 26.2 Å². The molecule has 0 aliphatic rings. The Morgan fingerprint density at radius 2 is 1.60 bits per heavy atom. The van der Waals surface area contributed by atoms with Crippen LogP contribution in [0.1, 0.15) is 5.56 Å². The van der Waals surface area contributed by atoms with E-state index in [2.05, 4.69) is 0 Å². The van der Waals surface area contributed by atoms with Crippen LogP contribution in [0.2, 0.25) is 10.0 Å². The van der Waals surface area contributed by atoms with Crippen molar-refractivity contribution in [3.63, 3.8) is 0 Å². The minimum atomic E-state index is -0.917. The highest BCUT2D eigenvalue weighted by Crippen LogP contribution is 2.41. The van der Waals surface area contributed by atoms with Crippen molar-refractivity contribution in [1.82, 2.24) is 0 Å². The fourth-order valence-corrected chi connectivity index (χ4v) is 1.59. The standard InChI is InChI=1S/C7H4Cl2N2O4/c1-3-2-4(8)5(9)7(11(14)15)6(3)10(12)13/h2H,1H3. The average molecular weight is 251 g/mol. The number of nitro groups is 2. The van der Waals surface area contributed by atoms with E-state index in [0.29, 0.717) is 0 Å². The van der Waals surface area contributed by atoms with Crippen LogP contribution in [0, 0.1) is 27.2 Å². The van der Waals surface area contributed by atoms with Crippen molar-refractivity contribution >= 4 is 34.6 Å². The topological polar surface area (TPSA) is 86.3 Å². The van der Waals surface area contributed by atoms with Crippen LogP contribution < -0.4 is 0 Å². The van der Waals surface area contributed by atoms with Gasteiger partial charge in [0.15, 0.2) is 0 Å². The maximum atomic E-state index is 10.6. The van der Waals surface area contributed by atoms with E-state index in [-0.39, 0.29) is 10.6 Å². The molecule has 0 aliphatic heterocycles. The van der Waals surface area contributed by atoms with Gasteiger partial charge in [-0.05, 0) is 13.0 Å². The molecule has 0 saturated heterocycles. The van der Waals surface area contributed by atoms with Crippen molar-refractivity contribution in [3.8, 4) is 0 Å². The van der Waals surface area contributed by atoms with E-state index in [1.54, 1.807) is 0 Å². The lowest BCUT2D eigenvalue weighted by Gasteiger charge is -2.02. The van der Waals surface area contributed by atoms with E-state index in [1.165, 1.54) is 13.0 Å². The first kappa shape index (κ1) is 11.7. The number of benzene rings is 1. The second-order valence-electron chi connectivity index (χ2n) is 2.70. The average Bonchev–Trinajstić information content (AvgIpc) is 2.09. The summed E-state index contributed by atoms with van der Waals surface area (Å²) in [4.78, 5) is 19.5. The summed E-state index contributed by atoms with van der Waals surface area (Å²) >= 11 is 11.1. The molecular weight excluding hydrogens is 247 g/mol. The SMILES string of the molecule is Cc1cc(Cl)c(Cl)c([N+](=O)[O-])c1[N+](=O)[O-]. The minimum absolute atomic E-state index is 0.0773. The smallest absolute Gasteiger partial charge is 0.258 e. The first-order valence-corrected chi connectivity index (χ1v) is 4.39. The lowest BCUT2D eigenvalue weighted by Crippen LogP contribution is -2.00. The lowest BCUT2D eigenvalue weighted by atomic mass is 10.1. The van der Waals surface area contributed by atoms with Gasteiger partial charge in [0.1, 0.15) is 5.02 Å². The Labute approximate surface area is 93.7 Å². The van der Waals surface area contributed by atoms with Gasteiger partial charge in [0, 0.05) is 5.56 Å². The molecule has 0 radical (unpaired) electrons. The highest BCUT2D eigenvalue weighted by molar-refractivity contribution is 6.43. The Hall–Kier alpha value is -1.40. The Kier molecular flexibility index (Phi) is 3.11. The molecule has 1 aromatic carbocycles. The van der Waals surface area contributed by atoms with Crippen molar-refractivity contribution in [2.75, 3.05) is 0 Å². The van der Waals surface area contributed by atoms with Gasteiger partial charge in [-0.1, -0.05) is 23.2 Å². The first-order chi connectivity index (χ1) is 6.86. The Bertz CT molecular complexity index is 461. The molecule has 0 aromatic heterocycles. The molecule has 6 nitrogen and oxygen atoms in total. The number of halogens is 2. The summed E-state index contributed by atoms with van der Waals surface area (Å²) in [5.41, 5.74) is -1.30. The Morgan fingerprint density at radius 1 is 1.13 bits per heavy atom. The third-order valence-electron chi connectivity index (χ3n) is 1.72. The van der Waals surface area contributed by atoms with E-state index in [9.17, 15) is 20.2 Å². The molecule has 1 rings (SSSR count). The molecule has 0 atom stereocenters. The molecule has 0 N–H and O–H groups in total. The zero-order valence-electron chi connectivity index (χ0n) is 7.36. The van der Waals surface area contributed by atoms with Gasteiger partial charge in [-0.25, -0.2) is 0 Å². The van der Waals surface area contributed by atoms with E-state index in [1.807, 2.05) is 0 Å². The van der Waals surface area contributed by atoms with Gasteiger partial charge in [0.25, 0.3) is 0 Å². The van der Waals surface area contributed by atoms with E-state index >= 15 is 0 Å². The fraction of sp³-hybridized carbons (Fsp3) is 0.143. The summed E-state index contributed by atoms with van der Waals surface area (Å²) in [5, 5.41) is 20.7. The van der Waals surface area contributed by atoms with Crippen LogP contribution in [-0.2, 0) is 0 Å². The van der Waals surface area contributed by atoms with Crippen molar-refractivity contribution in [2.45, 2.75) is 6.92 Å². The van der Waals surface area contributed by atoms with Gasteiger partial charge in [0.05, 0.1) is 14.9 Å². The molecule has 0 fully saturated rings. The summed E-state index contributed by atoms with van der Waals surface area (Å²) in [6.07, 6.45) is 0. The number of nitro benzene ring substituents is 2. The number of hydrogen-bond acceptors (Lipinski definition) is 4. The third kappa shape index (κ3) is 2.00. The zero-order valence-corrected chi connectivity index (χ0v) is 8.87.